The van der Waals surface area contributed by atoms with E-state index >= 15 is 0 Å². The van der Waals surface area contributed by atoms with Crippen molar-refractivity contribution in [3.8, 4) is 5.75 Å². The minimum Gasteiger partial charge on any atom is -0.496 e. The second kappa shape index (κ2) is 8.42. The van der Waals surface area contributed by atoms with Gasteiger partial charge in [0.25, 0.3) is 0 Å². The third-order valence-corrected chi connectivity index (χ3v) is 3.52. The van der Waals surface area contributed by atoms with Crippen LogP contribution in [0.5, 0.6) is 5.75 Å². The summed E-state index contributed by atoms with van der Waals surface area (Å²) in [6.07, 6.45) is 4.86. The summed E-state index contributed by atoms with van der Waals surface area (Å²) in [5.41, 5.74) is 2.37. The first-order chi connectivity index (χ1) is 10.3. The molecule has 0 aliphatic heterocycles. The van der Waals surface area contributed by atoms with Gasteiger partial charge in [-0.05, 0) is 43.1 Å². The Labute approximate surface area is 127 Å². The fourth-order valence-corrected chi connectivity index (χ4v) is 2.47. The molecule has 0 bridgehead atoms. The Hall–Kier alpha value is -1.87. The predicted octanol–water partition coefficient (Wildman–Crippen LogP) is 3.24. The molecule has 3 nitrogen and oxygen atoms in total. The standard InChI is InChI=1S/C18H24N2O/c1-3-11-19-17(14-16-9-6-7-12-20-16)13-15-8-4-5-10-18(15)21-2/h4-10,12,17,19H,3,11,13-14H2,1-2H3. The lowest BCUT2D eigenvalue weighted by Gasteiger charge is -2.19. The van der Waals surface area contributed by atoms with Crippen LogP contribution in [0.3, 0.4) is 0 Å². The van der Waals surface area contributed by atoms with Gasteiger partial charge in [-0.15, -0.1) is 0 Å². The molecule has 0 aliphatic rings. The van der Waals surface area contributed by atoms with E-state index in [1.165, 1.54) is 5.56 Å². The summed E-state index contributed by atoms with van der Waals surface area (Å²) in [7, 11) is 1.73. The normalized spacial score (nSPS) is 12.1. The highest BCUT2D eigenvalue weighted by molar-refractivity contribution is 5.34. The number of rotatable bonds is 8. The van der Waals surface area contributed by atoms with Crippen molar-refractivity contribution < 1.29 is 4.74 Å². The molecule has 1 aromatic carbocycles. The average Bonchev–Trinajstić information content (AvgIpc) is 2.54. The minimum absolute atomic E-state index is 0.371. The highest BCUT2D eigenvalue weighted by atomic mass is 16.5. The maximum Gasteiger partial charge on any atom is 0.122 e. The van der Waals surface area contributed by atoms with Gasteiger partial charge in [-0.25, -0.2) is 0 Å². The van der Waals surface area contributed by atoms with Crippen molar-refractivity contribution >= 4 is 0 Å². The van der Waals surface area contributed by atoms with E-state index in [1.807, 2.05) is 30.5 Å². The van der Waals surface area contributed by atoms with Crippen LogP contribution in [0.15, 0.2) is 48.7 Å². The van der Waals surface area contributed by atoms with E-state index in [1.54, 1.807) is 7.11 Å². The van der Waals surface area contributed by atoms with Crippen LogP contribution < -0.4 is 10.1 Å². The molecule has 1 aromatic heterocycles. The van der Waals surface area contributed by atoms with Crippen LogP contribution >= 0.6 is 0 Å². The molecule has 0 radical (unpaired) electrons. The van der Waals surface area contributed by atoms with Crippen LogP contribution in [0.4, 0.5) is 0 Å². The number of ether oxygens (including phenoxy) is 1. The van der Waals surface area contributed by atoms with Crippen LogP contribution in [0, 0.1) is 0 Å². The Kier molecular flexibility index (Phi) is 6.22. The maximum absolute atomic E-state index is 5.46. The summed E-state index contributed by atoms with van der Waals surface area (Å²) in [4.78, 5) is 4.44. The second-order valence-electron chi connectivity index (χ2n) is 5.19. The Balaban J connectivity index is 2.08. The van der Waals surface area contributed by atoms with Gasteiger partial charge in [0.15, 0.2) is 0 Å². The molecule has 2 aromatic rings. The van der Waals surface area contributed by atoms with Gasteiger partial charge >= 0.3 is 0 Å². The zero-order valence-electron chi connectivity index (χ0n) is 12.9. The van der Waals surface area contributed by atoms with Crippen LogP contribution in [-0.2, 0) is 12.8 Å². The van der Waals surface area contributed by atoms with E-state index in [0.717, 1.165) is 37.3 Å². The Morgan fingerprint density at radius 1 is 1.10 bits per heavy atom. The smallest absolute Gasteiger partial charge is 0.122 e. The van der Waals surface area contributed by atoms with E-state index in [9.17, 15) is 0 Å². The van der Waals surface area contributed by atoms with Gasteiger partial charge in [-0.2, -0.15) is 0 Å². The first kappa shape index (κ1) is 15.5. The van der Waals surface area contributed by atoms with Crippen molar-refractivity contribution in [2.45, 2.75) is 32.2 Å². The van der Waals surface area contributed by atoms with Crippen LogP contribution in [-0.4, -0.2) is 24.7 Å². The molecule has 1 heterocycles. The molecule has 112 valence electrons. The molecule has 3 heteroatoms. The van der Waals surface area contributed by atoms with Crippen molar-refractivity contribution in [1.29, 1.82) is 0 Å². The summed E-state index contributed by atoms with van der Waals surface area (Å²) < 4.78 is 5.46. The molecule has 0 amide bonds. The number of pyridine rings is 1. The summed E-state index contributed by atoms with van der Waals surface area (Å²) >= 11 is 0. The molecule has 21 heavy (non-hydrogen) atoms. The van der Waals surface area contributed by atoms with E-state index < -0.39 is 0 Å². The Bertz CT molecular complexity index is 528. The van der Waals surface area contributed by atoms with E-state index in [2.05, 4.69) is 35.4 Å². The fourth-order valence-electron chi connectivity index (χ4n) is 2.47. The number of hydrogen-bond donors (Lipinski definition) is 1. The highest BCUT2D eigenvalue weighted by Crippen LogP contribution is 2.19. The fraction of sp³-hybridized carbons (Fsp3) is 0.389. The third-order valence-electron chi connectivity index (χ3n) is 3.52. The Morgan fingerprint density at radius 3 is 2.62 bits per heavy atom. The SMILES string of the molecule is CCCNC(Cc1ccccn1)Cc1ccccc1OC. The lowest BCUT2D eigenvalue weighted by atomic mass is 10.0. The number of nitrogens with one attached hydrogen (secondary N) is 1. The van der Waals surface area contributed by atoms with Gasteiger partial charge in [-0.1, -0.05) is 31.2 Å². The number of nitrogens with zero attached hydrogens (tertiary/aromatic N) is 1. The average molecular weight is 284 g/mol. The summed E-state index contributed by atoms with van der Waals surface area (Å²) in [5.74, 6) is 0.960. The van der Waals surface area contributed by atoms with Crippen LogP contribution in [0.1, 0.15) is 24.6 Å². The number of para-hydroxylation sites is 1. The number of benzene rings is 1. The first-order valence-corrected chi connectivity index (χ1v) is 7.58. The van der Waals surface area contributed by atoms with Crippen molar-refractivity contribution in [2.75, 3.05) is 13.7 Å². The second-order valence-corrected chi connectivity index (χ2v) is 5.19. The lowest BCUT2D eigenvalue weighted by molar-refractivity contribution is 0.404. The van der Waals surface area contributed by atoms with Gasteiger partial charge in [0.05, 0.1) is 7.11 Å². The zero-order valence-corrected chi connectivity index (χ0v) is 12.9. The van der Waals surface area contributed by atoms with E-state index in [0.29, 0.717) is 6.04 Å². The number of methoxy groups -OCH3 is 1. The summed E-state index contributed by atoms with van der Waals surface area (Å²) in [5, 5.41) is 3.62. The van der Waals surface area contributed by atoms with Crippen LogP contribution in [0.2, 0.25) is 0 Å². The molecule has 0 aliphatic carbocycles. The molecule has 2 rings (SSSR count). The van der Waals surface area contributed by atoms with Crippen molar-refractivity contribution in [2.24, 2.45) is 0 Å². The lowest BCUT2D eigenvalue weighted by Crippen LogP contribution is -2.34. The van der Waals surface area contributed by atoms with Gasteiger partial charge < -0.3 is 10.1 Å². The molecular weight excluding hydrogens is 260 g/mol. The molecule has 0 saturated heterocycles. The molecule has 1 N–H and O–H groups in total. The maximum atomic E-state index is 5.46. The van der Waals surface area contributed by atoms with Gasteiger partial charge in [0.1, 0.15) is 5.75 Å². The highest BCUT2D eigenvalue weighted by Gasteiger charge is 2.13. The van der Waals surface area contributed by atoms with Crippen molar-refractivity contribution in [3.05, 3.63) is 59.9 Å². The zero-order chi connectivity index (χ0) is 14.9. The quantitative estimate of drug-likeness (QED) is 0.808. The first-order valence-electron chi connectivity index (χ1n) is 7.58. The number of hydrogen-bond acceptors (Lipinski definition) is 3. The largest absolute Gasteiger partial charge is 0.496 e. The van der Waals surface area contributed by atoms with Gasteiger partial charge in [0.2, 0.25) is 0 Å². The topological polar surface area (TPSA) is 34.2 Å². The third kappa shape index (κ3) is 4.87. The van der Waals surface area contributed by atoms with Crippen LogP contribution in [0.25, 0.3) is 0 Å². The van der Waals surface area contributed by atoms with E-state index in [4.69, 9.17) is 4.74 Å². The molecular formula is C18H24N2O. The summed E-state index contributed by atoms with van der Waals surface area (Å²) in [6.45, 7) is 3.21. The van der Waals surface area contributed by atoms with E-state index in [-0.39, 0.29) is 0 Å². The predicted molar refractivity (Wildman–Crippen MR) is 86.7 cm³/mol. The van der Waals surface area contributed by atoms with Crippen molar-refractivity contribution in [3.63, 3.8) is 0 Å². The van der Waals surface area contributed by atoms with Crippen molar-refractivity contribution in [1.82, 2.24) is 10.3 Å². The molecule has 0 saturated carbocycles. The van der Waals surface area contributed by atoms with Gasteiger partial charge in [-0.3, -0.25) is 4.98 Å². The minimum atomic E-state index is 0.371. The summed E-state index contributed by atoms with van der Waals surface area (Å²) in [6, 6.07) is 14.7. The Morgan fingerprint density at radius 2 is 1.90 bits per heavy atom. The molecule has 0 fully saturated rings. The molecule has 0 spiro atoms. The van der Waals surface area contributed by atoms with Gasteiger partial charge in [0, 0.05) is 24.4 Å². The monoisotopic (exact) mass is 284 g/mol. The number of aromatic nitrogens is 1. The molecule has 1 atom stereocenters. The molecule has 1 unspecified atom stereocenters.